The van der Waals surface area contributed by atoms with Crippen LogP contribution in [0.15, 0.2) is 29.9 Å². The van der Waals surface area contributed by atoms with Crippen LogP contribution in [-0.4, -0.2) is 78.2 Å². The zero-order valence-electron chi connectivity index (χ0n) is 14.7. The van der Waals surface area contributed by atoms with Gasteiger partial charge in [-0.25, -0.2) is 4.98 Å². The van der Waals surface area contributed by atoms with Crippen molar-refractivity contribution in [2.75, 3.05) is 57.4 Å². The second-order valence-corrected chi connectivity index (χ2v) is 7.36. The Morgan fingerprint density at radius 1 is 1.08 bits per heavy atom. The molecule has 2 aromatic heterocycles. The smallest absolute Gasteiger partial charge is 0.254 e. The fourth-order valence-electron chi connectivity index (χ4n) is 3.28. The molecule has 4 rings (SSSR count). The summed E-state index contributed by atoms with van der Waals surface area (Å²) in [6.07, 6.45) is 3.32. The first-order valence-corrected chi connectivity index (χ1v) is 9.86. The van der Waals surface area contributed by atoms with Gasteiger partial charge in [0.1, 0.15) is 0 Å². The first-order chi connectivity index (χ1) is 12.8. The summed E-state index contributed by atoms with van der Waals surface area (Å²) in [6, 6.07) is 3.54. The highest BCUT2D eigenvalue weighted by atomic mass is 32.1. The van der Waals surface area contributed by atoms with Crippen molar-refractivity contribution in [1.82, 2.24) is 19.8 Å². The van der Waals surface area contributed by atoms with E-state index < -0.39 is 0 Å². The van der Waals surface area contributed by atoms with Gasteiger partial charge in [0.15, 0.2) is 5.13 Å². The van der Waals surface area contributed by atoms with Crippen molar-refractivity contribution in [2.24, 2.45) is 0 Å². The number of rotatable bonds is 4. The van der Waals surface area contributed by atoms with Crippen LogP contribution in [0.2, 0.25) is 0 Å². The maximum Gasteiger partial charge on any atom is 0.254 e. The van der Waals surface area contributed by atoms with E-state index >= 15 is 0 Å². The van der Waals surface area contributed by atoms with Crippen LogP contribution < -0.4 is 4.90 Å². The number of piperazine rings is 1. The molecule has 0 aliphatic carbocycles. The summed E-state index contributed by atoms with van der Waals surface area (Å²) in [7, 11) is 0. The van der Waals surface area contributed by atoms with Crippen molar-refractivity contribution in [3.8, 4) is 0 Å². The van der Waals surface area contributed by atoms with Crippen LogP contribution in [0.4, 0.5) is 5.13 Å². The molecule has 2 saturated heterocycles. The summed E-state index contributed by atoms with van der Waals surface area (Å²) in [5.74, 6) is 0.0826. The van der Waals surface area contributed by atoms with Crippen molar-refractivity contribution in [1.29, 1.82) is 0 Å². The SMILES string of the molecule is O=C(c1ccncc1)N1CCN(c2nc(CN3CCOCC3)cs2)CC1. The Bertz CT molecular complexity index is 724. The predicted molar refractivity (Wildman–Crippen MR) is 101 cm³/mol. The number of carbonyl (C=O) groups excluding carboxylic acids is 1. The number of aromatic nitrogens is 2. The Morgan fingerprint density at radius 2 is 1.81 bits per heavy atom. The number of hydrogen-bond donors (Lipinski definition) is 0. The molecular weight excluding hydrogens is 350 g/mol. The van der Waals surface area contributed by atoms with Crippen molar-refractivity contribution in [2.45, 2.75) is 6.54 Å². The lowest BCUT2D eigenvalue weighted by Gasteiger charge is -2.34. The van der Waals surface area contributed by atoms with Gasteiger partial charge >= 0.3 is 0 Å². The van der Waals surface area contributed by atoms with Gasteiger partial charge in [-0.2, -0.15) is 0 Å². The monoisotopic (exact) mass is 373 g/mol. The first kappa shape index (κ1) is 17.4. The molecule has 0 bridgehead atoms. The molecule has 2 aromatic rings. The Balaban J connectivity index is 1.31. The van der Waals surface area contributed by atoms with Crippen LogP contribution >= 0.6 is 11.3 Å². The normalized spacial score (nSPS) is 18.9. The fraction of sp³-hybridized carbons (Fsp3) is 0.500. The molecule has 2 aliphatic rings. The largest absolute Gasteiger partial charge is 0.379 e. The zero-order valence-corrected chi connectivity index (χ0v) is 15.5. The Hall–Kier alpha value is -2.03. The lowest BCUT2D eigenvalue weighted by Crippen LogP contribution is -2.48. The molecule has 7 nitrogen and oxygen atoms in total. The van der Waals surface area contributed by atoms with Crippen LogP contribution in [-0.2, 0) is 11.3 Å². The number of morpholine rings is 1. The fourth-order valence-corrected chi connectivity index (χ4v) is 4.15. The molecule has 138 valence electrons. The van der Waals surface area contributed by atoms with Crippen molar-refractivity contribution in [3.63, 3.8) is 0 Å². The van der Waals surface area contributed by atoms with Crippen LogP contribution in [0.5, 0.6) is 0 Å². The standard InChI is InChI=1S/C18H23N5O2S/c24-17(15-1-3-19-4-2-15)22-5-7-23(8-6-22)18-20-16(14-26-18)13-21-9-11-25-12-10-21/h1-4,14H,5-13H2. The zero-order chi connectivity index (χ0) is 17.8. The molecule has 2 fully saturated rings. The van der Waals surface area contributed by atoms with Gasteiger partial charge in [0.25, 0.3) is 5.91 Å². The van der Waals surface area contributed by atoms with Gasteiger partial charge in [-0.1, -0.05) is 0 Å². The number of pyridine rings is 1. The quantitative estimate of drug-likeness (QED) is 0.806. The molecule has 8 heteroatoms. The van der Waals surface area contributed by atoms with Crippen molar-refractivity contribution in [3.05, 3.63) is 41.2 Å². The minimum absolute atomic E-state index is 0.0826. The summed E-state index contributed by atoms with van der Waals surface area (Å²) >= 11 is 1.70. The molecule has 0 radical (unpaired) electrons. The van der Waals surface area contributed by atoms with Gasteiger partial charge in [0, 0.05) is 69.2 Å². The lowest BCUT2D eigenvalue weighted by molar-refractivity contribution is 0.0337. The number of amides is 1. The molecule has 0 atom stereocenters. The van der Waals surface area contributed by atoms with E-state index in [2.05, 4.69) is 20.2 Å². The van der Waals surface area contributed by atoms with Gasteiger partial charge < -0.3 is 14.5 Å². The molecule has 0 saturated carbocycles. The Labute approximate surface area is 157 Å². The third-order valence-corrected chi connectivity index (χ3v) is 5.74. The Kier molecular flexibility index (Phi) is 5.42. The van der Waals surface area contributed by atoms with Gasteiger partial charge in [-0.15, -0.1) is 11.3 Å². The molecule has 2 aliphatic heterocycles. The van der Waals surface area contributed by atoms with E-state index in [0.29, 0.717) is 5.56 Å². The van der Waals surface area contributed by atoms with Gasteiger partial charge in [-0.05, 0) is 12.1 Å². The number of carbonyl (C=O) groups is 1. The molecule has 4 heterocycles. The molecule has 0 unspecified atom stereocenters. The Morgan fingerprint density at radius 3 is 2.54 bits per heavy atom. The van der Waals surface area contributed by atoms with E-state index in [9.17, 15) is 4.79 Å². The number of ether oxygens (including phenoxy) is 1. The van der Waals surface area contributed by atoms with E-state index in [1.807, 2.05) is 4.90 Å². The number of nitrogens with zero attached hydrogens (tertiary/aromatic N) is 5. The van der Waals surface area contributed by atoms with Crippen LogP contribution in [0.3, 0.4) is 0 Å². The highest BCUT2D eigenvalue weighted by Crippen LogP contribution is 2.23. The minimum atomic E-state index is 0.0826. The van der Waals surface area contributed by atoms with E-state index in [1.165, 1.54) is 0 Å². The van der Waals surface area contributed by atoms with Gasteiger partial charge in [0.05, 0.1) is 18.9 Å². The van der Waals surface area contributed by atoms with Crippen LogP contribution in [0.25, 0.3) is 0 Å². The predicted octanol–water partition coefficient (Wildman–Crippen LogP) is 1.33. The van der Waals surface area contributed by atoms with Gasteiger partial charge in [-0.3, -0.25) is 14.7 Å². The molecule has 0 N–H and O–H groups in total. The average molecular weight is 373 g/mol. The topological polar surface area (TPSA) is 61.8 Å². The second-order valence-electron chi connectivity index (χ2n) is 6.53. The van der Waals surface area contributed by atoms with E-state index in [0.717, 1.165) is 69.9 Å². The number of thiazole rings is 1. The lowest BCUT2D eigenvalue weighted by atomic mass is 10.2. The average Bonchev–Trinajstić information content (AvgIpc) is 3.17. The maximum atomic E-state index is 12.5. The van der Waals surface area contributed by atoms with Crippen LogP contribution in [0.1, 0.15) is 16.1 Å². The second kappa shape index (κ2) is 8.11. The first-order valence-electron chi connectivity index (χ1n) is 8.98. The third kappa shape index (κ3) is 4.03. The summed E-state index contributed by atoms with van der Waals surface area (Å²) in [5.41, 5.74) is 1.83. The maximum absolute atomic E-state index is 12.5. The third-order valence-electron chi connectivity index (χ3n) is 4.79. The summed E-state index contributed by atoms with van der Waals surface area (Å²) < 4.78 is 5.40. The van der Waals surface area contributed by atoms with Gasteiger partial charge in [0.2, 0.25) is 0 Å². The van der Waals surface area contributed by atoms with Crippen molar-refractivity contribution >= 4 is 22.4 Å². The number of hydrogen-bond acceptors (Lipinski definition) is 7. The summed E-state index contributed by atoms with van der Waals surface area (Å²) in [5, 5.41) is 3.21. The molecule has 26 heavy (non-hydrogen) atoms. The van der Waals surface area contributed by atoms with Crippen molar-refractivity contribution < 1.29 is 9.53 Å². The summed E-state index contributed by atoms with van der Waals surface area (Å²) in [6.45, 7) is 7.54. The molecule has 0 spiro atoms. The van der Waals surface area contributed by atoms with E-state index in [4.69, 9.17) is 9.72 Å². The van der Waals surface area contributed by atoms with E-state index in [-0.39, 0.29) is 5.91 Å². The van der Waals surface area contributed by atoms with Crippen LogP contribution in [0, 0.1) is 0 Å². The highest BCUT2D eigenvalue weighted by Gasteiger charge is 2.24. The summed E-state index contributed by atoms with van der Waals surface area (Å²) in [4.78, 5) is 27.9. The minimum Gasteiger partial charge on any atom is -0.379 e. The molecule has 0 aromatic carbocycles. The number of anilines is 1. The highest BCUT2D eigenvalue weighted by molar-refractivity contribution is 7.13. The molecule has 1 amide bonds. The van der Waals surface area contributed by atoms with E-state index in [1.54, 1.807) is 35.9 Å². The molecular formula is C18H23N5O2S.